The van der Waals surface area contributed by atoms with Crippen LogP contribution in [0.2, 0.25) is 0 Å². The molecule has 5 nitrogen and oxygen atoms in total. The van der Waals surface area contributed by atoms with E-state index in [4.69, 9.17) is 9.47 Å². The van der Waals surface area contributed by atoms with Crippen LogP contribution in [0.4, 0.5) is 4.79 Å². The zero-order valence-corrected chi connectivity index (χ0v) is 8.09. The van der Waals surface area contributed by atoms with E-state index >= 15 is 0 Å². The number of carbonyl (C=O) groups is 2. The largest absolute Gasteiger partial charge is 0.447 e. The molecule has 0 unspecified atom stereocenters. The van der Waals surface area contributed by atoms with Gasteiger partial charge in [-0.3, -0.25) is 4.79 Å². The van der Waals surface area contributed by atoms with Crippen molar-refractivity contribution in [1.82, 2.24) is 4.90 Å². The molecule has 3 atom stereocenters. The zero-order valence-electron chi connectivity index (χ0n) is 8.09. The highest BCUT2D eigenvalue weighted by Gasteiger charge is 2.45. The van der Waals surface area contributed by atoms with E-state index in [0.717, 1.165) is 0 Å². The van der Waals surface area contributed by atoms with E-state index in [9.17, 15) is 9.59 Å². The summed E-state index contributed by atoms with van der Waals surface area (Å²) in [7, 11) is 0. The molecule has 2 fully saturated rings. The Balaban J connectivity index is 1.75. The van der Waals surface area contributed by atoms with Crippen LogP contribution in [0.25, 0.3) is 0 Å². The van der Waals surface area contributed by atoms with E-state index < -0.39 is 6.09 Å². The van der Waals surface area contributed by atoms with Crippen molar-refractivity contribution >= 4 is 12.0 Å². The van der Waals surface area contributed by atoms with Crippen LogP contribution in [0, 0.1) is 5.92 Å². The maximum absolute atomic E-state index is 12.0. The highest BCUT2D eigenvalue weighted by atomic mass is 16.6. The van der Waals surface area contributed by atoms with Gasteiger partial charge in [0, 0.05) is 0 Å². The van der Waals surface area contributed by atoms with Gasteiger partial charge in [-0.15, -0.1) is 0 Å². The number of fused-ring (bicyclic) bond motifs is 2. The summed E-state index contributed by atoms with van der Waals surface area (Å²) in [6.07, 6.45) is 3.95. The molecule has 80 valence electrons. The summed E-state index contributed by atoms with van der Waals surface area (Å²) in [5.41, 5.74) is 0. The van der Waals surface area contributed by atoms with Crippen LogP contribution >= 0.6 is 0 Å². The number of cyclic esters (lactones) is 1. The van der Waals surface area contributed by atoms with E-state index in [1.165, 1.54) is 4.90 Å². The van der Waals surface area contributed by atoms with Crippen LogP contribution in [-0.4, -0.2) is 42.3 Å². The maximum atomic E-state index is 12.0. The predicted molar refractivity (Wildman–Crippen MR) is 49.0 cm³/mol. The summed E-state index contributed by atoms with van der Waals surface area (Å²) in [6.45, 7) is 0.678. The first kappa shape index (κ1) is 8.91. The molecule has 0 saturated carbocycles. The van der Waals surface area contributed by atoms with Crippen molar-refractivity contribution in [3.8, 4) is 0 Å². The molecule has 5 heteroatoms. The van der Waals surface area contributed by atoms with Crippen molar-refractivity contribution in [2.75, 3.05) is 13.2 Å². The standard InChI is InChI=1S/C10H11NO4/c12-9(11-3-4-14-10(11)13)7-5-6-1-2-8(7)15-6/h1-2,6-8H,3-5H2/t6-,7-,8+/m1/s1. The highest BCUT2D eigenvalue weighted by Crippen LogP contribution is 2.35. The minimum Gasteiger partial charge on any atom is -0.447 e. The molecule has 0 radical (unpaired) electrons. The maximum Gasteiger partial charge on any atom is 0.416 e. The lowest BCUT2D eigenvalue weighted by Gasteiger charge is -2.19. The molecule has 2 saturated heterocycles. The van der Waals surface area contributed by atoms with Crippen molar-refractivity contribution < 1.29 is 19.1 Å². The van der Waals surface area contributed by atoms with E-state index in [-0.39, 0.29) is 24.0 Å². The van der Waals surface area contributed by atoms with Gasteiger partial charge in [-0.25, -0.2) is 9.69 Å². The summed E-state index contributed by atoms with van der Waals surface area (Å²) >= 11 is 0. The summed E-state index contributed by atoms with van der Waals surface area (Å²) in [5.74, 6) is -0.361. The molecule has 0 aromatic heterocycles. The summed E-state index contributed by atoms with van der Waals surface area (Å²) in [4.78, 5) is 24.3. The predicted octanol–water partition coefficient (Wildman–Crippen LogP) is 0.309. The quantitative estimate of drug-likeness (QED) is 0.583. The van der Waals surface area contributed by atoms with Gasteiger partial charge in [-0.1, -0.05) is 12.2 Å². The molecular formula is C10H11NO4. The van der Waals surface area contributed by atoms with Crippen LogP contribution in [-0.2, 0) is 14.3 Å². The van der Waals surface area contributed by atoms with Gasteiger partial charge in [0.15, 0.2) is 0 Å². The fourth-order valence-corrected chi connectivity index (χ4v) is 2.31. The Labute approximate surface area is 86.6 Å². The van der Waals surface area contributed by atoms with Gasteiger partial charge in [0.1, 0.15) is 6.61 Å². The Morgan fingerprint density at radius 3 is 2.87 bits per heavy atom. The second-order valence-corrected chi connectivity index (χ2v) is 3.97. The zero-order chi connectivity index (χ0) is 10.4. The average molecular weight is 209 g/mol. The van der Waals surface area contributed by atoms with E-state index in [1.54, 1.807) is 0 Å². The Morgan fingerprint density at radius 1 is 1.47 bits per heavy atom. The number of nitrogens with zero attached hydrogens (tertiary/aromatic N) is 1. The van der Waals surface area contributed by atoms with Gasteiger partial charge in [0.25, 0.3) is 0 Å². The number of hydrogen-bond acceptors (Lipinski definition) is 4. The van der Waals surface area contributed by atoms with Crippen LogP contribution in [0.3, 0.4) is 0 Å². The van der Waals surface area contributed by atoms with Gasteiger partial charge in [-0.05, 0) is 6.42 Å². The molecule has 0 aromatic rings. The first-order valence-electron chi connectivity index (χ1n) is 5.07. The van der Waals surface area contributed by atoms with Crippen molar-refractivity contribution in [3.05, 3.63) is 12.2 Å². The Morgan fingerprint density at radius 2 is 2.33 bits per heavy atom. The van der Waals surface area contributed by atoms with Crippen molar-refractivity contribution in [3.63, 3.8) is 0 Å². The lowest BCUT2D eigenvalue weighted by Crippen LogP contribution is -2.39. The van der Waals surface area contributed by atoms with Gasteiger partial charge < -0.3 is 9.47 Å². The minimum absolute atomic E-state index is 0.0579. The average Bonchev–Trinajstić information content (AvgIpc) is 2.91. The molecule has 0 spiro atoms. The number of carbonyl (C=O) groups excluding carboxylic acids is 2. The fourth-order valence-electron chi connectivity index (χ4n) is 2.31. The van der Waals surface area contributed by atoms with E-state index in [2.05, 4.69) is 0 Å². The highest BCUT2D eigenvalue weighted by molar-refractivity contribution is 5.94. The lowest BCUT2D eigenvalue weighted by atomic mass is 9.93. The Bertz CT molecular complexity index is 351. The summed E-state index contributed by atoms with van der Waals surface area (Å²) in [5, 5.41) is 0. The summed E-state index contributed by atoms with van der Waals surface area (Å²) < 4.78 is 10.2. The van der Waals surface area contributed by atoms with Crippen molar-refractivity contribution in [2.24, 2.45) is 5.92 Å². The second-order valence-electron chi connectivity index (χ2n) is 3.97. The molecule has 3 aliphatic rings. The topological polar surface area (TPSA) is 55.8 Å². The summed E-state index contributed by atoms with van der Waals surface area (Å²) in [6, 6.07) is 0. The van der Waals surface area contributed by atoms with Gasteiger partial charge in [-0.2, -0.15) is 0 Å². The molecule has 15 heavy (non-hydrogen) atoms. The number of imide groups is 1. The number of hydrogen-bond donors (Lipinski definition) is 0. The van der Waals surface area contributed by atoms with Gasteiger partial charge >= 0.3 is 6.09 Å². The van der Waals surface area contributed by atoms with Crippen LogP contribution in [0.15, 0.2) is 12.2 Å². The van der Waals surface area contributed by atoms with Crippen molar-refractivity contribution in [1.29, 1.82) is 0 Å². The fraction of sp³-hybridized carbons (Fsp3) is 0.600. The van der Waals surface area contributed by atoms with E-state index in [0.29, 0.717) is 19.6 Å². The molecule has 0 aliphatic carbocycles. The molecular weight excluding hydrogens is 198 g/mol. The normalized spacial score (nSPS) is 37.5. The first-order chi connectivity index (χ1) is 7.25. The van der Waals surface area contributed by atoms with Crippen LogP contribution in [0.5, 0.6) is 0 Å². The molecule has 0 N–H and O–H groups in total. The minimum atomic E-state index is -0.522. The smallest absolute Gasteiger partial charge is 0.416 e. The Hall–Kier alpha value is -1.36. The molecule has 2 bridgehead atoms. The number of amides is 2. The monoisotopic (exact) mass is 209 g/mol. The van der Waals surface area contributed by atoms with Crippen LogP contribution < -0.4 is 0 Å². The second kappa shape index (κ2) is 3.06. The third-order valence-electron chi connectivity index (χ3n) is 3.07. The third kappa shape index (κ3) is 1.26. The molecule has 3 rings (SSSR count). The van der Waals surface area contributed by atoms with E-state index in [1.807, 2.05) is 12.2 Å². The molecule has 2 amide bonds. The molecule has 3 aliphatic heterocycles. The molecule has 0 aromatic carbocycles. The lowest BCUT2D eigenvalue weighted by molar-refractivity contribution is -0.132. The van der Waals surface area contributed by atoms with Gasteiger partial charge in [0.05, 0.1) is 24.7 Å². The van der Waals surface area contributed by atoms with Crippen LogP contribution in [0.1, 0.15) is 6.42 Å². The molecule has 3 heterocycles. The van der Waals surface area contributed by atoms with Gasteiger partial charge in [0.2, 0.25) is 5.91 Å². The van der Waals surface area contributed by atoms with Crippen molar-refractivity contribution in [2.45, 2.75) is 18.6 Å². The first-order valence-corrected chi connectivity index (χ1v) is 5.07. The third-order valence-corrected chi connectivity index (χ3v) is 3.07. The number of rotatable bonds is 1. The SMILES string of the molecule is O=C1OCCN1C(=O)[C@@H]1C[C@H]2C=C[C@@H]1O2. The number of ether oxygens (including phenoxy) is 2. The Kier molecular flexibility index (Phi) is 1.82.